The number of benzene rings is 3. The highest BCUT2D eigenvalue weighted by Gasteiger charge is 1.98. The van der Waals surface area contributed by atoms with Crippen molar-refractivity contribution >= 4 is 47.6 Å². The van der Waals surface area contributed by atoms with Gasteiger partial charge in [-0.1, -0.05) is 80.8 Å². The highest BCUT2D eigenvalue weighted by atomic mass is 35.5. The second-order valence-corrected chi connectivity index (χ2v) is 6.82. The molecule has 0 heterocycles. The minimum Gasteiger partial charge on any atom is -0.276 e. The lowest BCUT2D eigenvalue weighted by Crippen LogP contribution is -2.01. The van der Waals surface area contributed by atoms with Crippen molar-refractivity contribution in [2.24, 2.45) is 0 Å². The molecule has 3 rings (SSSR count). The van der Waals surface area contributed by atoms with Crippen LogP contribution in [0.5, 0.6) is 0 Å². The standard InChI is InChI=1S/C12H11P.C7H4Cl2O/c1-3-7-11(8-4-1)13-12-9-5-2-6-10-12;8-6-3-1-5(2-4-6)7(9)10/h1-10,13H;1-4H. The van der Waals surface area contributed by atoms with Crippen LogP contribution >= 0.6 is 31.8 Å². The Labute approximate surface area is 148 Å². The highest BCUT2D eigenvalue weighted by molar-refractivity contribution is 7.55. The zero-order valence-corrected chi connectivity index (χ0v) is 14.8. The van der Waals surface area contributed by atoms with E-state index in [1.165, 1.54) is 10.6 Å². The van der Waals surface area contributed by atoms with Crippen LogP contribution in [-0.4, -0.2) is 5.24 Å². The van der Waals surface area contributed by atoms with Crippen molar-refractivity contribution < 1.29 is 4.79 Å². The van der Waals surface area contributed by atoms with E-state index in [2.05, 4.69) is 60.7 Å². The van der Waals surface area contributed by atoms with Gasteiger partial charge in [-0.15, -0.1) is 0 Å². The van der Waals surface area contributed by atoms with Gasteiger partial charge in [0.15, 0.2) is 0 Å². The third-order valence-corrected chi connectivity index (χ3v) is 4.62. The van der Waals surface area contributed by atoms with Gasteiger partial charge in [0, 0.05) is 10.6 Å². The van der Waals surface area contributed by atoms with Gasteiger partial charge in [-0.25, -0.2) is 0 Å². The summed E-state index contributed by atoms with van der Waals surface area (Å²) in [5, 5.41) is 2.93. The van der Waals surface area contributed by atoms with Crippen molar-refractivity contribution in [3.8, 4) is 0 Å². The number of hydrogen-bond donors (Lipinski definition) is 0. The zero-order valence-electron chi connectivity index (χ0n) is 12.2. The maximum Gasteiger partial charge on any atom is 0.252 e. The first-order valence-electron chi connectivity index (χ1n) is 6.97. The predicted octanol–water partition coefficient (Wildman–Crippen LogP) is 5.03. The normalized spacial score (nSPS) is 9.65. The van der Waals surface area contributed by atoms with Gasteiger partial charge in [-0.2, -0.15) is 0 Å². The molecular formula is C19H15Cl2OP. The van der Waals surface area contributed by atoms with Gasteiger partial charge in [0.05, 0.1) is 0 Å². The lowest BCUT2D eigenvalue weighted by atomic mass is 10.2. The Morgan fingerprint density at radius 3 is 1.52 bits per heavy atom. The third kappa shape index (κ3) is 6.54. The summed E-state index contributed by atoms with van der Waals surface area (Å²) in [5.41, 5.74) is 0.464. The summed E-state index contributed by atoms with van der Waals surface area (Å²) >= 11 is 10.7. The van der Waals surface area contributed by atoms with Gasteiger partial charge in [0.25, 0.3) is 5.24 Å². The summed E-state index contributed by atoms with van der Waals surface area (Å²) in [5.74, 6) is 0. The largest absolute Gasteiger partial charge is 0.276 e. The van der Waals surface area contributed by atoms with Crippen LogP contribution in [0.25, 0.3) is 0 Å². The highest BCUT2D eigenvalue weighted by Crippen LogP contribution is 2.11. The molecule has 0 aliphatic carbocycles. The number of hydrogen-bond acceptors (Lipinski definition) is 1. The van der Waals surface area contributed by atoms with Crippen LogP contribution in [0.15, 0.2) is 84.9 Å². The van der Waals surface area contributed by atoms with Gasteiger partial charge < -0.3 is 0 Å². The number of carbonyl (C=O) groups excluding carboxylic acids is 1. The SMILES string of the molecule is O=C(Cl)c1ccc(Cl)cc1.c1ccc(Pc2ccccc2)cc1. The van der Waals surface area contributed by atoms with Crippen molar-refractivity contribution in [3.05, 3.63) is 95.5 Å². The van der Waals surface area contributed by atoms with Gasteiger partial charge in [-0.05, 0) is 46.5 Å². The molecule has 0 spiro atoms. The summed E-state index contributed by atoms with van der Waals surface area (Å²) in [6.07, 6.45) is 0. The van der Waals surface area contributed by atoms with Crippen molar-refractivity contribution in [3.63, 3.8) is 0 Å². The Morgan fingerprint density at radius 1 is 0.696 bits per heavy atom. The third-order valence-electron chi connectivity index (χ3n) is 2.91. The van der Waals surface area contributed by atoms with E-state index in [1.807, 2.05) is 0 Å². The summed E-state index contributed by atoms with van der Waals surface area (Å²) < 4.78 is 0. The van der Waals surface area contributed by atoms with Gasteiger partial charge in [0.2, 0.25) is 0 Å². The van der Waals surface area contributed by atoms with E-state index in [0.717, 1.165) is 8.58 Å². The quantitative estimate of drug-likeness (QED) is 0.472. The molecule has 23 heavy (non-hydrogen) atoms. The van der Waals surface area contributed by atoms with Gasteiger partial charge in [-0.3, -0.25) is 4.79 Å². The van der Waals surface area contributed by atoms with Crippen molar-refractivity contribution in [1.82, 2.24) is 0 Å². The Kier molecular flexibility index (Phi) is 7.29. The Bertz CT molecular complexity index is 691. The molecule has 0 saturated heterocycles. The molecule has 0 aromatic heterocycles. The van der Waals surface area contributed by atoms with Crippen molar-refractivity contribution in [2.45, 2.75) is 0 Å². The number of halogens is 2. The average Bonchev–Trinajstić information content (AvgIpc) is 2.58. The maximum absolute atomic E-state index is 10.5. The molecule has 0 N–H and O–H groups in total. The first-order valence-corrected chi connectivity index (χ1v) is 8.73. The molecule has 0 unspecified atom stereocenters. The molecule has 0 aliphatic rings. The second-order valence-electron chi connectivity index (χ2n) is 4.64. The molecule has 0 bridgehead atoms. The topological polar surface area (TPSA) is 17.1 Å². The molecule has 116 valence electrons. The Morgan fingerprint density at radius 2 is 1.13 bits per heavy atom. The lowest BCUT2D eigenvalue weighted by Gasteiger charge is -2.00. The number of carbonyl (C=O) groups is 1. The molecule has 0 aliphatic heterocycles. The van der Waals surface area contributed by atoms with E-state index < -0.39 is 5.24 Å². The monoisotopic (exact) mass is 360 g/mol. The van der Waals surface area contributed by atoms with Crippen LogP contribution in [0.2, 0.25) is 5.02 Å². The summed E-state index contributed by atoms with van der Waals surface area (Å²) in [7, 11) is 0.777. The maximum atomic E-state index is 10.5. The van der Waals surface area contributed by atoms with Crippen LogP contribution in [-0.2, 0) is 0 Å². The molecule has 4 heteroatoms. The number of rotatable bonds is 3. The van der Waals surface area contributed by atoms with Crippen LogP contribution in [0.4, 0.5) is 0 Å². The molecule has 0 atom stereocenters. The van der Waals surface area contributed by atoms with E-state index in [4.69, 9.17) is 23.2 Å². The van der Waals surface area contributed by atoms with Crippen LogP contribution in [0.1, 0.15) is 10.4 Å². The molecule has 1 nitrogen and oxygen atoms in total. The first kappa shape index (κ1) is 17.7. The van der Waals surface area contributed by atoms with Crippen molar-refractivity contribution in [2.75, 3.05) is 0 Å². The Balaban J connectivity index is 0.000000174. The van der Waals surface area contributed by atoms with E-state index >= 15 is 0 Å². The molecule has 0 radical (unpaired) electrons. The average molecular weight is 361 g/mol. The molecular weight excluding hydrogens is 346 g/mol. The van der Waals surface area contributed by atoms with E-state index in [0.29, 0.717) is 10.6 Å². The molecule has 0 saturated carbocycles. The predicted molar refractivity (Wildman–Crippen MR) is 102 cm³/mol. The van der Waals surface area contributed by atoms with Gasteiger partial charge >= 0.3 is 0 Å². The second kappa shape index (κ2) is 9.47. The van der Waals surface area contributed by atoms with Crippen LogP contribution in [0.3, 0.4) is 0 Å². The minimum absolute atomic E-state index is 0.461. The van der Waals surface area contributed by atoms with E-state index in [9.17, 15) is 4.79 Å². The van der Waals surface area contributed by atoms with Crippen molar-refractivity contribution in [1.29, 1.82) is 0 Å². The fraction of sp³-hybridized carbons (Fsp3) is 0. The molecule has 3 aromatic rings. The molecule has 3 aromatic carbocycles. The van der Waals surface area contributed by atoms with Crippen LogP contribution < -0.4 is 10.6 Å². The zero-order chi connectivity index (χ0) is 16.5. The minimum atomic E-state index is -0.461. The smallest absolute Gasteiger partial charge is 0.252 e. The summed E-state index contributed by atoms with van der Waals surface area (Å²) in [6, 6.07) is 27.6. The molecule has 0 amide bonds. The lowest BCUT2D eigenvalue weighted by molar-refractivity contribution is 0.108. The first-order chi connectivity index (χ1) is 11.1. The summed E-state index contributed by atoms with van der Waals surface area (Å²) in [6.45, 7) is 0. The fourth-order valence-electron chi connectivity index (χ4n) is 1.79. The fourth-order valence-corrected chi connectivity index (χ4v) is 3.09. The summed E-state index contributed by atoms with van der Waals surface area (Å²) in [4.78, 5) is 10.5. The van der Waals surface area contributed by atoms with E-state index in [1.54, 1.807) is 24.3 Å². The van der Waals surface area contributed by atoms with E-state index in [-0.39, 0.29) is 0 Å². The molecule has 0 fully saturated rings. The van der Waals surface area contributed by atoms with Crippen LogP contribution in [0, 0.1) is 0 Å². The Hall–Kier alpha value is -1.66. The van der Waals surface area contributed by atoms with Gasteiger partial charge in [0.1, 0.15) is 0 Å².